The van der Waals surface area contributed by atoms with E-state index in [-0.39, 0.29) is 18.3 Å². The molecule has 1 rings (SSSR count). The van der Waals surface area contributed by atoms with Gasteiger partial charge in [0.15, 0.2) is 10.4 Å². The van der Waals surface area contributed by atoms with Crippen LogP contribution in [0.4, 0.5) is 0 Å². The van der Waals surface area contributed by atoms with Gasteiger partial charge in [-0.25, -0.2) is 0 Å². The van der Waals surface area contributed by atoms with E-state index in [0.29, 0.717) is 11.1 Å². The van der Waals surface area contributed by atoms with Gasteiger partial charge in [-0.05, 0) is 41.4 Å². The van der Waals surface area contributed by atoms with E-state index < -0.39 is 5.54 Å². The minimum Gasteiger partial charge on any atom is -0.444 e. The van der Waals surface area contributed by atoms with Crippen LogP contribution in [0.5, 0.6) is 0 Å². The van der Waals surface area contributed by atoms with Gasteiger partial charge in [-0.15, -0.1) is 0 Å². The van der Waals surface area contributed by atoms with E-state index in [4.69, 9.17) is 9.52 Å². The molecule has 5 heteroatoms. The number of carbonyl (C=O) groups excluding carboxylic acids is 1. The van der Waals surface area contributed by atoms with Crippen LogP contribution >= 0.6 is 15.9 Å². The van der Waals surface area contributed by atoms with Crippen molar-refractivity contribution in [1.29, 1.82) is 0 Å². The quantitative estimate of drug-likeness (QED) is 0.883. The lowest BCUT2D eigenvalue weighted by molar-refractivity contribution is 0.0818. The highest BCUT2D eigenvalue weighted by molar-refractivity contribution is 9.10. The zero-order chi connectivity index (χ0) is 11.5. The van der Waals surface area contributed by atoms with Crippen molar-refractivity contribution in [3.63, 3.8) is 0 Å². The highest BCUT2D eigenvalue weighted by Crippen LogP contribution is 2.15. The van der Waals surface area contributed by atoms with Gasteiger partial charge in [0.2, 0.25) is 0 Å². The summed E-state index contributed by atoms with van der Waals surface area (Å²) >= 11 is 3.12. The summed E-state index contributed by atoms with van der Waals surface area (Å²) in [6, 6.07) is 3.23. The van der Waals surface area contributed by atoms with Crippen LogP contribution in [0.25, 0.3) is 0 Å². The maximum Gasteiger partial charge on any atom is 0.287 e. The van der Waals surface area contributed by atoms with Gasteiger partial charge >= 0.3 is 0 Å². The fraction of sp³-hybridized carbons (Fsp3) is 0.500. The summed E-state index contributed by atoms with van der Waals surface area (Å²) < 4.78 is 5.61. The van der Waals surface area contributed by atoms with Crippen LogP contribution in [0.2, 0.25) is 0 Å². The van der Waals surface area contributed by atoms with Gasteiger partial charge in [0.25, 0.3) is 5.91 Å². The Morgan fingerprint density at radius 3 is 2.73 bits per heavy atom. The van der Waals surface area contributed by atoms with E-state index >= 15 is 0 Å². The van der Waals surface area contributed by atoms with E-state index in [0.717, 1.165) is 0 Å². The number of halogens is 1. The van der Waals surface area contributed by atoms with Crippen molar-refractivity contribution >= 4 is 21.8 Å². The summed E-state index contributed by atoms with van der Waals surface area (Å²) in [6.07, 6.45) is 0.650. The van der Waals surface area contributed by atoms with Crippen molar-refractivity contribution < 1.29 is 14.3 Å². The van der Waals surface area contributed by atoms with Crippen LogP contribution in [-0.2, 0) is 0 Å². The molecule has 1 heterocycles. The zero-order valence-corrected chi connectivity index (χ0v) is 10.3. The number of aliphatic hydroxyl groups excluding tert-OH is 1. The van der Waals surface area contributed by atoms with E-state index in [1.807, 2.05) is 6.92 Å². The Morgan fingerprint density at radius 1 is 1.67 bits per heavy atom. The second kappa shape index (κ2) is 4.81. The molecule has 15 heavy (non-hydrogen) atoms. The summed E-state index contributed by atoms with van der Waals surface area (Å²) in [6.45, 7) is 3.58. The molecular weight excluding hydrogens is 262 g/mol. The average molecular weight is 276 g/mol. The van der Waals surface area contributed by atoms with E-state index in [1.165, 1.54) is 0 Å². The first-order valence-corrected chi connectivity index (χ1v) is 5.49. The summed E-state index contributed by atoms with van der Waals surface area (Å²) in [5.41, 5.74) is -0.601. The molecule has 0 saturated heterocycles. The van der Waals surface area contributed by atoms with Crippen LogP contribution in [0.3, 0.4) is 0 Å². The molecule has 1 aromatic rings. The summed E-state index contributed by atoms with van der Waals surface area (Å²) in [4.78, 5) is 11.7. The summed E-state index contributed by atoms with van der Waals surface area (Å²) in [7, 11) is 0. The normalized spacial score (nSPS) is 14.7. The molecule has 4 nitrogen and oxygen atoms in total. The van der Waals surface area contributed by atoms with Gasteiger partial charge in [0, 0.05) is 0 Å². The Bertz CT molecular complexity index is 344. The van der Waals surface area contributed by atoms with Crippen LogP contribution in [0.15, 0.2) is 21.2 Å². The number of hydrogen-bond donors (Lipinski definition) is 2. The first-order valence-electron chi connectivity index (χ1n) is 4.69. The fourth-order valence-electron chi connectivity index (χ4n) is 1.01. The van der Waals surface area contributed by atoms with Crippen molar-refractivity contribution in [2.45, 2.75) is 25.8 Å². The molecule has 0 radical (unpaired) electrons. The molecule has 0 aliphatic rings. The smallest absolute Gasteiger partial charge is 0.287 e. The van der Waals surface area contributed by atoms with Crippen LogP contribution in [0, 0.1) is 0 Å². The molecule has 0 saturated carbocycles. The summed E-state index contributed by atoms with van der Waals surface area (Å²) in [5, 5.41) is 11.9. The molecule has 0 bridgehead atoms. The van der Waals surface area contributed by atoms with Gasteiger partial charge in [-0.3, -0.25) is 4.79 Å². The number of rotatable bonds is 4. The molecule has 0 aliphatic carbocycles. The van der Waals surface area contributed by atoms with Crippen molar-refractivity contribution in [3.8, 4) is 0 Å². The SMILES string of the molecule is CCC(C)(CO)NC(=O)c1ccc(Br)o1. The largest absolute Gasteiger partial charge is 0.444 e. The number of nitrogens with one attached hydrogen (secondary N) is 1. The molecule has 0 spiro atoms. The number of furan rings is 1. The van der Waals surface area contributed by atoms with Crippen LogP contribution in [0.1, 0.15) is 30.8 Å². The Hall–Kier alpha value is -0.810. The molecular formula is C10H14BrNO3. The minimum absolute atomic E-state index is 0.100. The minimum atomic E-state index is -0.601. The number of hydrogen-bond acceptors (Lipinski definition) is 3. The predicted molar refractivity (Wildman–Crippen MR) is 59.7 cm³/mol. The third kappa shape index (κ3) is 3.07. The zero-order valence-electron chi connectivity index (χ0n) is 8.71. The Kier molecular flexibility index (Phi) is 3.93. The standard InChI is InChI=1S/C10H14BrNO3/c1-3-10(2,6-13)12-9(14)7-4-5-8(11)15-7/h4-5,13H,3,6H2,1-2H3,(H,12,14). The monoisotopic (exact) mass is 275 g/mol. The van der Waals surface area contributed by atoms with Gasteiger partial charge < -0.3 is 14.8 Å². The third-order valence-electron chi connectivity index (χ3n) is 2.34. The fourth-order valence-corrected chi connectivity index (χ4v) is 1.32. The number of amides is 1. The molecule has 84 valence electrons. The molecule has 1 unspecified atom stereocenters. The molecule has 0 aromatic carbocycles. The number of aliphatic hydroxyl groups is 1. The van der Waals surface area contributed by atoms with Gasteiger partial charge in [-0.1, -0.05) is 6.92 Å². The first kappa shape index (κ1) is 12.3. The van der Waals surface area contributed by atoms with E-state index in [2.05, 4.69) is 21.2 Å². The third-order valence-corrected chi connectivity index (χ3v) is 2.77. The summed E-state index contributed by atoms with van der Waals surface area (Å²) in [5.74, 6) is -0.0888. The van der Waals surface area contributed by atoms with E-state index in [1.54, 1.807) is 19.1 Å². The highest BCUT2D eigenvalue weighted by Gasteiger charge is 2.25. The van der Waals surface area contributed by atoms with Gasteiger partial charge in [0.05, 0.1) is 12.1 Å². The Morgan fingerprint density at radius 2 is 2.33 bits per heavy atom. The van der Waals surface area contributed by atoms with Gasteiger partial charge in [-0.2, -0.15) is 0 Å². The highest BCUT2D eigenvalue weighted by atomic mass is 79.9. The predicted octanol–water partition coefficient (Wildman–Crippen LogP) is 1.93. The van der Waals surface area contributed by atoms with Crippen molar-refractivity contribution in [1.82, 2.24) is 5.32 Å². The van der Waals surface area contributed by atoms with Crippen molar-refractivity contribution in [2.24, 2.45) is 0 Å². The lowest BCUT2D eigenvalue weighted by Gasteiger charge is -2.26. The Labute approximate surface area is 96.8 Å². The lowest BCUT2D eigenvalue weighted by atomic mass is 10.0. The average Bonchev–Trinajstić information content (AvgIpc) is 2.65. The van der Waals surface area contributed by atoms with Crippen molar-refractivity contribution in [2.75, 3.05) is 6.61 Å². The molecule has 2 N–H and O–H groups in total. The molecule has 0 fully saturated rings. The maximum atomic E-state index is 11.7. The number of carbonyl (C=O) groups is 1. The lowest BCUT2D eigenvalue weighted by Crippen LogP contribution is -2.48. The molecule has 0 aliphatic heterocycles. The van der Waals surface area contributed by atoms with Crippen LogP contribution < -0.4 is 5.32 Å². The molecule has 1 atom stereocenters. The topological polar surface area (TPSA) is 62.5 Å². The molecule has 1 aromatic heterocycles. The second-order valence-corrected chi connectivity index (χ2v) is 4.41. The molecule has 1 amide bonds. The second-order valence-electron chi connectivity index (χ2n) is 3.63. The van der Waals surface area contributed by atoms with Crippen molar-refractivity contribution in [3.05, 3.63) is 22.6 Å². The Balaban J connectivity index is 2.71. The van der Waals surface area contributed by atoms with Gasteiger partial charge in [0.1, 0.15) is 0 Å². The van der Waals surface area contributed by atoms with Crippen LogP contribution in [-0.4, -0.2) is 23.2 Å². The maximum absolute atomic E-state index is 11.7. The van der Waals surface area contributed by atoms with E-state index in [9.17, 15) is 4.79 Å². The first-order chi connectivity index (χ1) is 7.00.